The number of nitrogens with zero attached hydrogens (tertiary/aromatic N) is 5. The van der Waals surface area contributed by atoms with E-state index in [9.17, 15) is 13.2 Å². The van der Waals surface area contributed by atoms with Crippen molar-refractivity contribution in [3.63, 3.8) is 0 Å². The monoisotopic (exact) mass is 432 g/mol. The third kappa shape index (κ3) is 5.64. The minimum absolute atomic E-state index is 0.0131. The lowest BCUT2D eigenvalue weighted by atomic mass is 10.2. The number of anilines is 1. The van der Waals surface area contributed by atoms with Crippen LogP contribution in [0, 0.1) is 0 Å². The van der Waals surface area contributed by atoms with Gasteiger partial charge in [-0.15, -0.1) is 0 Å². The Morgan fingerprint density at radius 1 is 1.30 bits per heavy atom. The molecule has 2 aromatic rings. The van der Waals surface area contributed by atoms with Crippen molar-refractivity contribution in [2.24, 2.45) is 16.0 Å². The van der Waals surface area contributed by atoms with E-state index < -0.39 is 10.0 Å². The number of amides is 1. The number of hydrogen-bond acceptors (Lipinski definition) is 8. The third-order valence-electron chi connectivity index (χ3n) is 4.46. The number of carbonyl (C=O) groups is 1. The van der Waals surface area contributed by atoms with E-state index in [0.29, 0.717) is 12.1 Å². The molecule has 0 aromatic carbocycles. The summed E-state index contributed by atoms with van der Waals surface area (Å²) in [5.41, 5.74) is 7.36. The lowest BCUT2D eigenvalue weighted by molar-refractivity contribution is -0.130. The molecule has 160 valence electrons. The molecule has 1 amide bonds. The second kappa shape index (κ2) is 9.05. The summed E-state index contributed by atoms with van der Waals surface area (Å²) in [5, 5.41) is 15.0. The molecule has 3 rings (SSSR count). The van der Waals surface area contributed by atoms with Crippen LogP contribution in [0.25, 0.3) is 11.0 Å². The van der Waals surface area contributed by atoms with E-state index in [0.717, 1.165) is 42.3 Å². The van der Waals surface area contributed by atoms with Crippen molar-refractivity contribution in [3.8, 4) is 0 Å². The average molecular weight is 433 g/mol. The van der Waals surface area contributed by atoms with Gasteiger partial charge in [0.2, 0.25) is 21.9 Å². The van der Waals surface area contributed by atoms with Crippen LogP contribution >= 0.6 is 0 Å². The zero-order chi connectivity index (χ0) is 21.7. The molecule has 0 atom stereocenters. The molecule has 0 unspecified atom stereocenters. The van der Waals surface area contributed by atoms with Crippen molar-refractivity contribution in [2.45, 2.75) is 32.2 Å². The number of nitrogens with one attached hydrogen (secondary N) is 1. The fourth-order valence-corrected chi connectivity index (χ4v) is 3.28. The third-order valence-corrected chi connectivity index (χ3v) is 5.00. The molecule has 3 heterocycles. The van der Waals surface area contributed by atoms with Crippen LogP contribution in [0.4, 0.5) is 5.95 Å². The summed E-state index contributed by atoms with van der Waals surface area (Å²) in [6, 6.07) is 1.91. The van der Waals surface area contributed by atoms with E-state index in [4.69, 9.17) is 10.9 Å². The van der Waals surface area contributed by atoms with Crippen molar-refractivity contribution in [2.75, 3.05) is 12.4 Å². The Kier molecular flexibility index (Phi) is 6.47. The Labute approximate surface area is 174 Å². The molecule has 0 fully saturated rings. The van der Waals surface area contributed by atoms with Gasteiger partial charge in [-0.2, -0.15) is 10.1 Å². The Morgan fingerprint density at radius 2 is 2.10 bits per heavy atom. The summed E-state index contributed by atoms with van der Waals surface area (Å²) in [4.78, 5) is 20.8. The van der Waals surface area contributed by atoms with Crippen LogP contribution in [0.1, 0.15) is 31.4 Å². The first-order valence-electron chi connectivity index (χ1n) is 9.33. The molecule has 30 heavy (non-hydrogen) atoms. The number of allylic oxidation sites excluding steroid dienone is 2. The fraction of sp³-hybridized carbons (Fsp3) is 0.333. The fourth-order valence-electron chi connectivity index (χ4n) is 2.98. The van der Waals surface area contributed by atoms with Gasteiger partial charge in [-0.1, -0.05) is 6.42 Å². The molecule has 0 saturated heterocycles. The number of fused-ring (bicyclic) bond motifs is 3. The Bertz CT molecular complexity index is 1130. The smallest absolute Gasteiger partial charge is 0.242 e. The van der Waals surface area contributed by atoms with Gasteiger partial charge in [0, 0.05) is 37.0 Å². The molecule has 1 aliphatic heterocycles. The van der Waals surface area contributed by atoms with Crippen molar-refractivity contribution in [3.05, 3.63) is 41.3 Å². The molecule has 5 N–H and O–H groups in total. The maximum absolute atomic E-state index is 12.0. The molecule has 0 spiro atoms. The van der Waals surface area contributed by atoms with E-state index in [-0.39, 0.29) is 17.7 Å². The summed E-state index contributed by atoms with van der Waals surface area (Å²) in [5.74, 6) is 0.403. The number of sulfonamides is 1. The number of carbonyl (C=O) groups excluding carboxylic acids is 1. The van der Waals surface area contributed by atoms with Crippen molar-refractivity contribution in [1.29, 1.82) is 0 Å². The summed E-state index contributed by atoms with van der Waals surface area (Å²) in [6.07, 6.45) is 8.96. The maximum atomic E-state index is 12.0. The lowest BCUT2D eigenvalue weighted by Crippen LogP contribution is -2.20. The molecule has 1 aliphatic rings. The van der Waals surface area contributed by atoms with Gasteiger partial charge in [-0.25, -0.2) is 23.5 Å². The van der Waals surface area contributed by atoms with Gasteiger partial charge >= 0.3 is 0 Å². The molecular weight excluding hydrogens is 408 g/mol. The highest BCUT2D eigenvalue weighted by Crippen LogP contribution is 2.20. The second-order valence-corrected chi connectivity index (χ2v) is 8.28. The molecule has 0 aliphatic carbocycles. The zero-order valence-corrected chi connectivity index (χ0v) is 17.3. The first kappa shape index (κ1) is 21.5. The van der Waals surface area contributed by atoms with Crippen LogP contribution < -0.4 is 16.2 Å². The number of rotatable bonds is 4. The van der Waals surface area contributed by atoms with E-state index in [2.05, 4.69) is 20.4 Å². The molecule has 0 saturated carbocycles. The Morgan fingerprint density at radius 3 is 2.87 bits per heavy atom. The normalized spacial score (nSPS) is 17.7. The minimum Gasteiger partial charge on any atom is -0.385 e. The number of primary sulfonamides is 1. The predicted octanol–water partition coefficient (Wildman–Crippen LogP) is 0.812. The molecule has 2 aromatic heterocycles. The van der Waals surface area contributed by atoms with E-state index in [1.807, 2.05) is 10.6 Å². The summed E-state index contributed by atoms with van der Waals surface area (Å²) < 4.78 is 23.9. The van der Waals surface area contributed by atoms with Gasteiger partial charge in [-0.05, 0) is 31.1 Å². The van der Waals surface area contributed by atoms with Crippen molar-refractivity contribution in [1.82, 2.24) is 19.5 Å². The molecule has 12 heteroatoms. The quantitative estimate of drug-likeness (QED) is 0.602. The van der Waals surface area contributed by atoms with E-state index in [1.165, 1.54) is 17.2 Å². The zero-order valence-electron chi connectivity index (χ0n) is 16.5. The van der Waals surface area contributed by atoms with Crippen LogP contribution in [0.3, 0.4) is 0 Å². The highest BCUT2D eigenvalue weighted by Gasteiger charge is 2.13. The SMILES string of the molecule is CN1/N=C\c2cc3cnc(N/C(N)=C/C=C/S(N)(=O)=O)nc3n2CCCCCC1=O. The maximum Gasteiger partial charge on any atom is 0.242 e. The van der Waals surface area contributed by atoms with Gasteiger partial charge in [0.05, 0.1) is 11.9 Å². The molecular formula is C18H24N8O3S. The van der Waals surface area contributed by atoms with Gasteiger partial charge in [-0.3, -0.25) is 4.79 Å². The van der Waals surface area contributed by atoms with E-state index in [1.54, 1.807) is 19.5 Å². The molecule has 0 bridgehead atoms. The number of hydrazone groups is 1. The standard InChI is InChI=1S/C18H24N8O3S/c1-25-16(27)7-3-2-4-8-26-14(12-22-25)10-13-11-21-18(24-17(13)26)23-15(19)6-5-9-30(20,28)29/h5-6,9-12H,2-4,7-8,19H2,1H3,(H2,20,28,29)(H,21,23,24)/b9-5+,15-6+,22-12-. The number of hydrogen-bond donors (Lipinski definition) is 3. The Balaban J connectivity index is 1.90. The summed E-state index contributed by atoms with van der Waals surface area (Å²) in [6.45, 7) is 0.724. The predicted molar refractivity (Wildman–Crippen MR) is 115 cm³/mol. The number of aryl methyl sites for hydroxylation is 1. The van der Waals surface area contributed by atoms with Crippen LogP contribution in [-0.4, -0.2) is 47.1 Å². The first-order valence-corrected chi connectivity index (χ1v) is 10.9. The lowest BCUT2D eigenvalue weighted by Gasteiger charge is -2.09. The van der Waals surface area contributed by atoms with Crippen LogP contribution in [0.15, 0.2) is 40.7 Å². The van der Waals surface area contributed by atoms with Gasteiger partial charge in [0.15, 0.2) is 0 Å². The topological polar surface area (TPSA) is 162 Å². The summed E-state index contributed by atoms with van der Waals surface area (Å²) in [7, 11) is -2.08. The van der Waals surface area contributed by atoms with Gasteiger partial charge < -0.3 is 15.6 Å². The highest BCUT2D eigenvalue weighted by atomic mass is 32.2. The average Bonchev–Trinajstić information content (AvgIpc) is 3.00. The largest absolute Gasteiger partial charge is 0.385 e. The highest BCUT2D eigenvalue weighted by molar-refractivity contribution is 7.92. The van der Waals surface area contributed by atoms with E-state index >= 15 is 0 Å². The second-order valence-electron chi connectivity index (χ2n) is 6.83. The van der Waals surface area contributed by atoms with Crippen LogP contribution in [0.5, 0.6) is 0 Å². The van der Waals surface area contributed by atoms with Gasteiger partial charge in [0.1, 0.15) is 11.5 Å². The molecule has 0 radical (unpaired) electrons. The van der Waals surface area contributed by atoms with Crippen LogP contribution in [0.2, 0.25) is 0 Å². The first-order chi connectivity index (χ1) is 14.2. The van der Waals surface area contributed by atoms with Crippen molar-refractivity contribution >= 4 is 39.1 Å². The Hall–Kier alpha value is -3.25. The van der Waals surface area contributed by atoms with Crippen LogP contribution in [-0.2, 0) is 21.4 Å². The van der Waals surface area contributed by atoms with Gasteiger partial charge in [0.25, 0.3) is 0 Å². The summed E-state index contributed by atoms with van der Waals surface area (Å²) >= 11 is 0. The minimum atomic E-state index is -3.73. The molecule has 11 nitrogen and oxygen atoms in total. The number of aromatic nitrogens is 3. The van der Waals surface area contributed by atoms with Crippen molar-refractivity contribution < 1.29 is 13.2 Å². The number of nitrogens with two attached hydrogens (primary N) is 2.